The quantitative estimate of drug-likeness (QED) is 0.369. The van der Waals surface area contributed by atoms with E-state index in [0.717, 1.165) is 27.0 Å². The lowest BCUT2D eigenvalue weighted by molar-refractivity contribution is 0.0185. The first-order valence-corrected chi connectivity index (χ1v) is 11.8. The number of benzene rings is 3. The van der Waals surface area contributed by atoms with E-state index in [2.05, 4.69) is 34.6 Å². The fraction of sp³-hybridized carbons (Fsp3) is 0.231. The van der Waals surface area contributed by atoms with Crippen LogP contribution in [0.1, 0.15) is 28.2 Å². The van der Waals surface area contributed by atoms with Gasteiger partial charge in [0.25, 0.3) is 0 Å². The number of aromatic nitrogens is 1. The Bertz CT molecular complexity index is 1290. The molecule has 5 rings (SSSR count). The molecule has 34 heavy (non-hydrogen) atoms. The van der Waals surface area contributed by atoms with E-state index < -0.39 is 18.3 Å². The highest BCUT2D eigenvalue weighted by atomic mass is 32.1. The predicted molar refractivity (Wildman–Crippen MR) is 130 cm³/mol. The highest BCUT2D eigenvalue weighted by molar-refractivity contribution is 7.18. The Morgan fingerprint density at radius 3 is 2.41 bits per heavy atom. The number of nitrogens with zero attached hydrogens (tertiary/aromatic N) is 1. The van der Waals surface area contributed by atoms with E-state index >= 15 is 0 Å². The molecule has 0 spiro atoms. The summed E-state index contributed by atoms with van der Waals surface area (Å²) in [6.45, 7) is 0.00922. The normalized spacial score (nSPS) is 14.3. The molecule has 1 aliphatic rings. The summed E-state index contributed by atoms with van der Waals surface area (Å²) in [4.78, 5) is 16.7. The fourth-order valence-corrected chi connectivity index (χ4v) is 5.33. The molecule has 174 valence electrons. The predicted octanol–water partition coefficient (Wildman–Crippen LogP) is 4.24. The first-order chi connectivity index (χ1) is 16.5. The van der Waals surface area contributed by atoms with Crippen LogP contribution in [0.4, 0.5) is 4.79 Å². The highest BCUT2D eigenvalue weighted by Crippen LogP contribution is 2.44. The summed E-state index contributed by atoms with van der Waals surface area (Å²) in [5.74, 6) is 0.642. The SMILES string of the molecule is COc1ccc2nc(C(O)C(O)CNC(=O)OCC3c4ccccc4-c4ccccc43)sc2c1. The number of thiazole rings is 1. The van der Waals surface area contributed by atoms with E-state index in [1.807, 2.05) is 30.3 Å². The van der Waals surface area contributed by atoms with E-state index in [0.29, 0.717) is 16.3 Å². The van der Waals surface area contributed by atoms with Gasteiger partial charge in [-0.2, -0.15) is 0 Å². The molecule has 8 heteroatoms. The summed E-state index contributed by atoms with van der Waals surface area (Å²) < 4.78 is 11.5. The van der Waals surface area contributed by atoms with Gasteiger partial charge in [0.05, 0.1) is 17.3 Å². The lowest BCUT2D eigenvalue weighted by atomic mass is 9.98. The van der Waals surface area contributed by atoms with Crippen molar-refractivity contribution < 1.29 is 24.5 Å². The number of amides is 1. The summed E-state index contributed by atoms with van der Waals surface area (Å²) in [6, 6.07) is 21.6. The summed E-state index contributed by atoms with van der Waals surface area (Å²) in [5, 5.41) is 23.8. The molecule has 0 aliphatic heterocycles. The smallest absolute Gasteiger partial charge is 0.407 e. The molecule has 0 bridgehead atoms. The van der Waals surface area contributed by atoms with Crippen molar-refractivity contribution in [2.24, 2.45) is 0 Å². The fourth-order valence-electron chi connectivity index (χ4n) is 4.29. The molecule has 7 nitrogen and oxygen atoms in total. The third-order valence-corrected chi connectivity index (χ3v) is 7.12. The van der Waals surface area contributed by atoms with Crippen LogP contribution in [0.25, 0.3) is 21.3 Å². The van der Waals surface area contributed by atoms with Crippen LogP contribution in [-0.2, 0) is 4.74 Å². The molecule has 2 unspecified atom stereocenters. The summed E-state index contributed by atoms with van der Waals surface area (Å²) >= 11 is 1.27. The van der Waals surface area contributed by atoms with Gasteiger partial charge >= 0.3 is 6.09 Å². The highest BCUT2D eigenvalue weighted by Gasteiger charge is 2.29. The third-order valence-electron chi connectivity index (χ3n) is 6.03. The molecule has 2 atom stereocenters. The zero-order chi connectivity index (χ0) is 23.7. The molecule has 0 fully saturated rings. The monoisotopic (exact) mass is 476 g/mol. The van der Waals surface area contributed by atoms with Gasteiger partial charge in [0.2, 0.25) is 0 Å². The van der Waals surface area contributed by atoms with Crippen LogP contribution >= 0.6 is 11.3 Å². The lowest BCUT2D eigenvalue weighted by Gasteiger charge is -2.18. The molecule has 1 aliphatic carbocycles. The third kappa shape index (κ3) is 4.23. The van der Waals surface area contributed by atoms with Gasteiger partial charge in [0.15, 0.2) is 0 Å². The molecular weight excluding hydrogens is 452 g/mol. The second-order valence-corrected chi connectivity index (χ2v) is 9.17. The van der Waals surface area contributed by atoms with Gasteiger partial charge in [-0.05, 0) is 40.5 Å². The van der Waals surface area contributed by atoms with Crippen LogP contribution in [-0.4, -0.2) is 47.7 Å². The standard InChI is InChI=1S/C26H24N2O5S/c1-32-15-10-11-21-23(12-15)34-25(28-21)24(30)22(29)13-27-26(31)33-14-20-18-8-4-2-6-16(18)17-7-3-5-9-19(17)20/h2-12,20,22,24,29-30H,13-14H2,1H3,(H,27,31). The summed E-state index contributed by atoms with van der Waals surface area (Å²) in [6.07, 6.45) is -3.12. The molecule has 0 radical (unpaired) electrons. The van der Waals surface area contributed by atoms with Gasteiger partial charge in [-0.15, -0.1) is 11.3 Å². The number of ether oxygens (including phenoxy) is 2. The maximum atomic E-state index is 12.3. The maximum Gasteiger partial charge on any atom is 0.407 e. The average Bonchev–Trinajstić information content (AvgIpc) is 3.44. The number of fused-ring (bicyclic) bond motifs is 4. The number of carbonyl (C=O) groups is 1. The van der Waals surface area contributed by atoms with E-state index in [1.165, 1.54) is 11.3 Å². The van der Waals surface area contributed by atoms with Crippen molar-refractivity contribution in [2.45, 2.75) is 18.1 Å². The van der Waals surface area contributed by atoms with Gasteiger partial charge in [-0.1, -0.05) is 48.5 Å². The minimum Gasteiger partial charge on any atom is -0.497 e. The lowest BCUT2D eigenvalue weighted by Crippen LogP contribution is -2.36. The van der Waals surface area contributed by atoms with E-state index in [4.69, 9.17) is 9.47 Å². The average molecular weight is 477 g/mol. The number of alkyl carbamates (subject to hydrolysis) is 1. The molecule has 0 saturated heterocycles. The Morgan fingerprint density at radius 1 is 1.06 bits per heavy atom. The van der Waals surface area contributed by atoms with Crippen molar-refractivity contribution in [3.8, 4) is 16.9 Å². The van der Waals surface area contributed by atoms with Crippen molar-refractivity contribution in [3.05, 3.63) is 82.9 Å². The second-order valence-electron chi connectivity index (χ2n) is 8.10. The number of hydrogen-bond donors (Lipinski definition) is 3. The van der Waals surface area contributed by atoms with Gasteiger partial charge in [-0.3, -0.25) is 0 Å². The Hall–Kier alpha value is -3.46. The molecule has 0 saturated carbocycles. The first kappa shape index (κ1) is 22.3. The van der Waals surface area contributed by atoms with E-state index in [-0.39, 0.29) is 19.1 Å². The summed E-state index contributed by atoms with van der Waals surface area (Å²) in [7, 11) is 1.58. The Balaban J connectivity index is 1.18. The number of aliphatic hydroxyl groups is 2. The van der Waals surface area contributed by atoms with Crippen LogP contribution in [0.2, 0.25) is 0 Å². The number of aliphatic hydroxyl groups excluding tert-OH is 2. The Labute approximate surface area is 200 Å². The molecule has 1 aromatic heterocycles. The Morgan fingerprint density at radius 2 is 1.74 bits per heavy atom. The molecule has 3 aromatic carbocycles. The van der Waals surface area contributed by atoms with Crippen molar-refractivity contribution in [1.82, 2.24) is 10.3 Å². The number of nitrogens with one attached hydrogen (secondary N) is 1. The van der Waals surface area contributed by atoms with Crippen molar-refractivity contribution in [3.63, 3.8) is 0 Å². The Kier molecular flexibility index (Phi) is 6.19. The van der Waals surface area contributed by atoms with Crippen molar-refractivity contribution in [2.75, 3.05) is 20.3 Å². The number of hydrogen-bond acceptors (Lipinski definition) is 7. The summed E-state index contributed by atoms with van der Waals surface area (Å²) in [5.41, 5.74) is 5.26. The van der Waals surface area contributed by atoms with Gasteiger partial charge in [0, 0.05) is 12.5 Å². The topological polar surface area (TPSA) is 101 Å². The van der Waals surface area contributed by atoms with Crippen molar-refractivity contribution >= 4 is 27.6 Å². The molecule has 3 N–H and O–H groups in total. The molecular formula is C26H24N2O5S. The minimum atomic E-state index is -1.24. The van der Waals surface area contributed by atoms with E-state index in [1.54, 1.807) is 19.2 Å². The van der Waals surface area contributed by atoms with E-state index in [9.17, 15) is 15.0 Å². The maximum absolute atomic E-state index is 12.3. The van der Waals surface area contributed by atoms with Gasteiger partial charge in [0.1, 0.15) is 29.6 Å². The van der Waals surface area contributed by atoms with Crippen LogP contribution in [0.5, 0.6) is 5.75 Å². The van der Waals surface area contributed by atoms with Crippen LogP contribution in [0.15, 0.2) is 66.7 Å². The number of carbonyl (C=O) groups excluding carboxylic acids is 1. The van der Waals surface area contributed by atoms with Crippen LogP contribution in [0, 0.1) is 0 Å². The minimum absolute atomic E-state index is 0.0478. The number of rotatable bonds is 7. The first-order valence-electron chi connectivity index (χ1n) is 10.9. The molecule has 1 heterocycles. The molecule has 4 aromatic rings. The van der Waals surface area contributed by atoms with Gasteiger partial charge in [-0.25, -0.2) is 9.78 Å². The van der Waals surface area contributed by atoms with Gasteiger partial charge < -0.3 is 25.0 Å². The zero-order valence-electron chi connectivity index (χ0n) is 18.5. The number of methoxy groups -OCH3 is 1. The van der Waals surface area contributed by atoms with Crippen molar-refractivity contribution in [1.29, 1.82) is 0 Å². The largest absolute Gasteiger partial charge is 0.497 e. The van der Waals surface area contributed by atoms with Crippen LogP contribution < -0.4 is 10.1 Å². The van der Waals surface area contributed by atoms with Crippen LogP contribution in [0.3, 0.4) is 0 Å². The zero-order valence-corrected chi connectivity index (χ0v) is 19.3. The molecule has 1 amide bonds. The second kappa shape index (κ2) is 9.42.